The minimum atomic E-state index is 0. The first-order valence-electron chi connectivity index (χ1n) is 7.18. The van der Waals surface area contributed by atoms with Gasteiger partial charge in [-0.05, 0) is 50.6 Å². The third kappa shape index (κ3) is 5.91. The molecule has 118 valence electrons. The van der Waals surface area contributed by atoms with Gasteiger partial charge >= 0.3 is 0 Å². The van der Waals surface area contributed by atoms with E-state index >= 15 is 0 Å². The summed E-state index contributed by atoms with van der Waals surface area (Å²) >= 11 is 0. The molecule has 6 heteroatoms. The molecule has 1 atom stereocenters. The van der Waals surface area contributed by atoms with E-state index in [2.05, 4.69) is 10.2 Å². The molecular formula is C15H24ClN3O2. The van der Waals surface area contributed by atoms with E-state index in [0.717, 1.165) is 37.4 Å². The lowest BCUT2D eigenvalue weighted by atomic mass is 10.1. The molecule has 5 nitrogen and oxygen atoms in total. The summed E-state index contributed by atoms with van der Waals surface area (Å²) in [5.41, 5.74) is 6.70. The number of nitrogens with two attached hydrogens (primary N) is 1. The van der Waals surface area contributed by atoms with Crippen molar-refractivity contribution in [3.63, 3.8) is 0 Å². The van der Waals surface area contributed by atoms with Crippen molar-refractivity contribution in [1.29, 1.82) is 0 Å². The summed E-state index contributed by atoms with van der Waals surface area (Å²) in [6.07, 6.45) is 2.12. The van der Waals surface area contributed by atoms with E-state index in [4.69, 9.17) is 10.5 Å². The van der Waals surface area contributed by atoms with Gasteiger partial charge in [-0.1, -0.05) is 0 Å². The number of amides is 1. The number of benzene rings is 1. The molecule has 0 saturated carbocycles. The summed E-state index contributed by atoms with van der Waals surface area (Å²) in [4.78, 5) is 14.1. The maximum absolute atomic E-state index is 12.0. The number of carbonyl (C=O) groups excluding carboxylic acids is 1. The molecule has 0 spiro atoms. The molecule has 1 fully saturated rings. The van der Waals surface area contributed by atoms with Gasteiger partial charge in [-0.3, -0.25) is 9.69 Å². The summed E-state index contributed by atoms with van der Waals surface area (Å²) in [6, 6.07) is 7.61. The number of ether oxygens (including phenoxy) is 1. The number of halogens is 1. The Morgan fingerprint density at radius 1 is 1.43 bits per heavy atom. The monoisotopic (exact) mass is 313 g/mol. The summed E-state index contributed by atoms with van der Waals surface area (Å²) in [5, 5.41) is 2.90. The zero-order valence-corrected chi connectivity index (χ0v) is 13.2. The van der Waals surface area contributed by atoms with Crippen LogP contribution >= 0.6 is 12.4 Å². The molecule has 1 aliphatic heterocycles. The normalized spacial score (nSPS) is 18.7. The van der Waals surface area contributed by atoms with E-state index in [1.165, 1.54) is 0 Å². The molecule has 1 heterocycles. The van der Waals surface area contributed by atoms with E-state index in [1.807, 2.05) is 31.2 Å². The highest BCUT2D eigenvalue weighted by atomic mass is 35.5. The number of rotatable bonds is 5. The smallest absolute Gasteiger partial charge is 0.238 e. The molecule has 0 aromatic heterocycles. The van der Waals surface area contributed by atoms with Gasteiger partial charge in [-0.2, -0.15) is 0 Å². The largest absolute Gasteiger partial charge is 0.494 e. The van der Waals surface area contributed by atoms with Crippen LogP contribution in [0.5, 0.6) is 5.75 Å². The van der Waals surface area contributed by atoms with Gasteiger partial charge in [0.15, 0.2) is 0 Å². The highest BCUT2D eigenvalue weighted by Gasteiger charge is 2.18. The van der Waals surface area contributed by atoms with Gasteiger partial charge in [0.05, 0.1) is 13.2 Å². The van der Waals surface area contributed by atoms with Crippen molar-refractivity contribution >= 4 is 24.0 Å². The number of hydrogen-bond donors (Lipinski definition) is 2. The van der Waals surface area contributed by atoms with Gasteiger partial charge in [0.1, 0.15) is 5.75 Å². The molecule has 2 rings (SSSR count). The molecule has 1 amide bonds. The average molecular weight is 314 g/mol. The molecular weight excluding hydrogens is 290 g/mol. The molecule has 1 saturated heterocycles. The molecule has 0 radical (unpaired) electrons. The summed E-state index contributed by atoms with van der Waals surface area (Å²) in [6.45, 7) is 4.74. The lowest BCUT2D eigenvalue weighted by Crippen LogP contribution is -2.45. The standard InChI is InChI=1S/C15H23N3O2.ClH/c1-2-20-14-7-5-13(6-8-14)17-15(19)11-18-9-3-4-12(16)10-18;/h5-8,12H,2-4,9-11,16H2,1H3,(H,17,19);1H/t12-;/m1./s1. The van der Waals surface area contributed by atoms with Gasteiger partial charge in [0, 0.05) is 18.3 Å². The first-order valence-corrected chi connectivity index (χ1v) is 7.18. The molecule has 1 aliphatic rings. The second-order valence-electron chi connectivity index (χ2n) is 5.14. The fourth-order valence-corrected chi connectivity index (χ4v) is 2.44. The zero-order valence-electron chi connectivity index (χ0n) is 12.4. The maximum atomic E-state index is 12.0. The molecule has 3 N–H and O–H groups in total. The fraction of sp³-hybridized carbons (Fsp3) is 0.533. The van der Waals surface area contributed by atoms with Crippen molar-refractivity contribution in [3.8, 4) is 5.75 Å². The Hall–Kier alpha value is -1.30. The van der Waals surface area contributed by atoms with Crippen molar-refractivity contribution in [2.75, 3.05) is 31.6 Å². The number of carbonyl (C=O) groups is 1. The quantitative estimate of drug-likeness (QED) is 0.871. The van der Waals surface area contributed by atoms with Crippen LogP contribution in [0.3, 0.4) is 0 Å². The van der Waals surface area contributed by atoms with Crippen molar-refractivity contribution in [2.24, 2.45) is 5.73 Å². The van der Waals surface area contributed by atoms with Gasteiger partial charge in [0.25, 0.3) is 0 Å². The molecule has 1 aromatic carbocycles. The van der Waals surface area contributed by atoms with E-state index < -0.39 is 0 Å². The Labute approximate surface area is 132 Å². The predicted molar refractivity (Wildman–Crippen MR) is 87.1 cm³/mol. The van der Waals surface area contributed by atoms with E-state index in [9.17, 15) is 4.79 Å². The third-order valence-corrected chi connectivity index (χ3v) is 3.36. The maximum Gasteiger partial charge on any atom is 0.238 e. The topological polar surface area (TPSA) is 67.6 Å². The fourth-order valence-electron chi connectivity index (χ4n) is 2.44. The van der Waals surface area contributed by atoms with E-state index in [0.29, 0.717) is 13.2 Å². The van der Waals surface area contributed by atoms with Crippen LogP contribution in [0.1, 0.15) is 19.8 Å². The SMILES string of the molecule is CCOc1ccc(NC(=O)CN2CCC[C@@H](N)C2)cc1.Cl. The Kier molecular flexibility index (Phi) is 7.50. The van der Waals surface area contributed by atoms with E-state index in [-0.39, 0.29) is 24.4 Å². The first kappa shape index (κ1) is 17.8. The Morgan fingerprint density at radius 2 is 2.14 bits per heavy atom. The van der Waals surface area contributed by atoms with Gasteiger partial charge in [-0.25, -0.2) is 0 Å². The van der Waals surface area contributed by atoms with Crippen LogP contribution in [-0.4, -0.2) is 43.1 Å². The number of likely N-dealkylation sites (tertiary alicyclic amines) is 1. The minimum Gasteiger partial charge on any atom is -0.494 e. The van der Waals surface area contributed by atoms with Crippen molar-refractivity contribution in [1.82, 2.24) is 4.90 Å². The number of anilines is 1. The Balaban J connectivity index is 0.00000220. The van der Waals surface area contributed by atoms with E-state index in [1.54, 1.807) is 0 Å². The van der Waals surface area contributed by atoms with Crippen LogP contribution in [-0.2, 0) is 4.79 Å². The van der Waals surface area contributed by atoms with Crippen LogP contribution in [0.4, 0.5) is 5.69 Å². The van der Waals surface area contributed by atoms with Crippen LogP contribution in [0.15, 0.2) is 24.3 Å². The Morgan fingerprint density at radius 3 is 2.76 bits per heavy atom. The highest BCUT2D eigenvalue weighted by Crippen LogP contribution is 2.15. The summed E-state index contributed by atoms with van der Waals surface area (Å²) in [5.74, 6) is 0.816. The van der Waals surface area contributed by atoms with Crippen molar-refractivity contribution < 1.29 is 9.53 Å². The second-order valence-corrected chi connectivity index (χ2v) is 5.14. The number of hydrogen-bond acceptors (Lipinski definition) is 4. The summed E-state index contributed by atoms with van der Waals surface area (Å²) < 4.78 is 5.36. The Bertz CT molecular complexity index is 439. The van der Waals surface area contributed by atoms with Crippen LogP contribution in [0.2, 0.25) is 0 Å². The van der Waals surface area contributed by atoms with Crippen molar-refractivity contribution in [3.05, 3.63) is 24.3 Å². The third-order valence-electron chi connectivity index (χ3n) is 3.36. The molecule has 0 unspecified atom stereocenters. The summed E-state index contributed by atoms with van der Waals surface area (Å²) in [7, 11) is 0. The van der Waals surface area contributed by atoms with Gasteiger partial charge in [0.2, 0.25) is 5.91 Å². The van der Waals surface area contributed by atoms with Gasteiger partial charge in [-0.15, -0.1) is 12.4 Å². The lowest BCUT2D eigenvalue weighted by Gasteiger charge is -2.29. The zero-order chi connectivity index (χ0) is 14.4. The van der Waals surface area contributed by atoms with Crippen molar-refractivity contribution in [2.45, 2.75) is 25.8 Å². The average Bonchev–Trinajstić information content (AvgIpc) is 2.41. The number of piperidine rings is 1. The number of nitrogens with one attached hydrogen (secondary N) is 1. The molecule has 0 aliphatic carbocycles. The molecule has 1 aromatic rings. The molecule has 21 heavy (non-hydrogen) atoms. The number of nitrogens with zero attached hydrogens (tertiary/aromatic N) is 1. The van der Waals surface area contributed by atoms with Crippen LogP contribution in [0, 0.1) is 0 Å². The van der Waals surface area contributed by atoms with Gasteiger partial charge < -0.3 is 15.8 Å². The minimum absolute atomic E-state index is 0. The van der Waals surface area contributed by atoms with Crippen LogP contribution < -0.4 is 15.8 Å². The first-order chi connectivity index (χ1) is 9.67. The predicted octanol–water partition coefficient (Wildman–Crippen LogP) is 1.87. The second kappa shape index (κ2) is 8.87. The lowest BCUT2D eigenvalue weighted by molar-refractivity contribution is -0.117. The molecule has 0 bridgehead atoms. The highest BCUT2D eigenvalue weighted by molar-refractivity contribution is 5.92. The van der Waals surface area contributed by atoms with Crippen LogP contribution in [0.25, 0.3) is 0 Å².